The summed E-state index contributed by atoms with van der Waals surface area (Å²) < 4.78 is 7.05. The van der Waals surface area contributed by atoms with Gasteiger partial charge in [-0.3, -0.25) is 9.78 Å². The molecule has 0 aliphatic heterocycles. The zero-order chi connectivity index (χ0) is 11.7. The molecule has 2 aromatic rings. The van der Waals surface area contributed by atoms with Crippen LogP contribution < -0.4 is 4.74 Å². The van der Waals surface area contributed by atoms with Crippen molar-refractivity contribution in [2.45, 2.75) is 6.42 Å². The van der Waals surface area contributed by atoms with Crippen LogP contribution >= 0.6 is 0 Å². The van der Waals surface area contributed by atoms with Gasteiger partial charge in [-0.05, 0) is 0 Å². The van der Waals surface area contributed by atoms with Crippen molar-refractivity contribution in [2.24, 2.45) is 7.05 Å². The van der Waals surface area contributed by atoms with E-state index in [4.69, 9.17) is 9.84 Å². The Labute approximate surface area is 92.3 Å². The van der Waals surface area contributed by atoms with E-state index in [9.17, 15) is 4.79 Å². The topological polar surface area (TPSA) is 64.3 Å². The van der Waals surface area contributed by atoms with Crippen LogP contribution in [-0.2, 0) is 18.3 Å². The molecule has 0 saturated heterocycles. The predicted molar refractivity (Wildman–Crippen MR) is 58.6 cm³/mol. The molecule has 0 aliphatic rings. The standard InChI is InChI=1S/C11H12N2O3/c1-13-6-7(5-9(14)15)10-11(13)8(16-2)3-4-12-10/h3-4,6H,5H2,1-2H3,(H,14,15). The molecule has 2 aromatic heterocycles. The lowest BCUT2D eigenvalue weighted by Crippen LogP contribution is -1.99. The number of carboxylic acids is 1. The number of aromatic nitrogens is 2. The monoisotopic (exact) mass is 220 g/mol. The van der Waals surface area contributed by atoms with Crippen molar-refractivity contribution in [3.8, 4) is 5.75 Å². The first-order valence-corrected chi connectivity index (χ1v) is 4.82. The summed E-state index contributed by atoms with van der Waals surface area (Å²) in [4.78, 5) is 14.9. The predicted octanol–water partition coefficient (Wildman–Crippen LogP) is 1.21. The van der Waals surface area contributed by atoms with Crippen LogP contribution in [-0.4, -0.2) is 27.7 Å². The fraction of sp³-hybridized carbons (Fsp3) is 0.273. The minimum atomic E-state index is -0.864. The third-order valence-corrected chi connectivity index (χ3v) is 2.46. The van der Waals surface area contributed by atoms with E-state index in [1.165, 1.54) is 0 Å². The third kappa shape index (κ3) is 1.60. The molecule has 0 spiro atoms. The second kappa shape index (κ2) is 3.84. The van der Waals surface area contributed by atoms with Gasteiger partial charge < -0.3 is 14.4 Å². The number of hydrogen-bond donors (Lipinski definition) is 1. The molecule has 0 atom stereocenters. The first-order valence-electron chi connectivity index (χ1n) is 4.82. The summed E-state index contributed by atoms with van der Waals surface area (Å²) in [5.74, 6) is -0.166. The number of aryl methyl sites for hydroxylation is 1. The van der Waals surface area contributed by atoms with Gasteiger partial charge in [0.1, 0.15) is 11.3 Å². The smallest absolute Gasteiger partial charge is 0.307 e. The molecule has 0 aromatic carbocycles. The van der Waals surface area contributed by atoms with Crippen molar-refractivity contribution < 1.29 is 14.6 Å². The average Bonchev–Trinajstić information content (AvgIpc) is 2.55. The number of fused-ring (bicyclic) bond motifs is 1. The third-order valence-electron chi connectivity index (χ3n) is 2.46. The number of aliphatic carboxylic acids is 1. The quantitative estimate of drug-likeness (QED) is 0.844. The van der Waals surface area contributed by atoms with E-state index in [1.807, 2.05) is 11.6 Å². The maximum atomic E-state index is 10.7. The van der Waals surface area contributed by atoms with Crippen LogP contribution in [0.1, 0.15) is 5.56 Å². The van der Waals surface area contributed by atoms with Gasteiger partial charge in [-0.15, -0.1) is 0 Å². The SMILES string of the molecule is COc1ccnc2c(CC(=O)O)cn(C)c12. The maximum Gasteiger partial charge on any atom is 0.307 e. The van der Waals surface area contributed by atoms with E-state index in [1.54, 1.807) is 25.6 Å². The number of pyridine rings is 1. The zero-order valence-electron chi connectivity index (χ0n) is 9.10. The molecular formula is C11H12N2O3. The Kier molecular flexibility index (Phi) is 2.52. The molecule has 2 heterocycles. The number of hydrogen-bond acceptors (Lipinski definition) is 3. The summed E-state index contributed by atoms with van der Waals surface area (Å²) in [5, 5.41) is 8.79. The minimum Gasteiger partial charge on any atom is -0.494 e. The van der Waals surface area contributed by atoms with Crippen molar-refractivity contribution in [3.63, 3.8) is 0 Å². The fourth-order valence-corrected chi connectivity index (χ4v) is 1.83. The van der Waals surface area contributed by atoms with Gasteiger partial charge in [0, 0.05) is 31.1 Å². The summed E-state index contributed by atoms with van der Waals surface area (Å²) in [5.41, 5.74) is 2.20. The second-order valence-electron chi connectivity index (χ2n) is 3.55. The van der Waals surface area contributed by atoms with Crippen molar-refractivity contribution in [1.29, 1.82) is 0 Å². The first kappa shape index (κ1) is 10.5. The minimum absolute atomic E-state index is 0.0303. The molecule has 0 radical (unpaired) electrons. The zero-order valence-corrected chi connectivity index (χ0v) is 9.10. The number of carboxylic acid groups (broad SMARTS) is 1. The van der Waals surface area contributed by atoms with Gasteiger partial charge in [0.05, 0.1) is 19.0 Å². The number of rotatable bonds is 3. The van der Waals surface area contributed by atoms with Gasteiger partial charge >= 0.3 is 5.97 Å². The molecule has 0 saturated carbocycles. The highest BCUT2D eigenvalue weighted by molar-refractivity contribution is 5.88. The van der Waals surface area contributed by atoms with Crippen LogP contribution in [0.15, 0.2) is 18.5 Å². The summed E-state index contributed by atoms with van der Waals surface area (Å²) in [7, 11) is 3.43. The van der Waals surface area contributed by atoms with Gasteiger partial charge in [-0.2, -0.15) is 0 Å². The molecule has 0 aliphatic carbocycles. The molecular weight excluding hydrogens is 208 g/mol. The van der Waals surface area contributed by atoms with Gasteiger partial charge in [-0.25, -0.2) is 0 Å². The second-order valence-corrected chi connectivity index (χ2v) is 3.55. The van der Waals surface area contributed by atoms with E-state index < -0.39 is 5.97 Å². The summed E-state index contributed by atoms with van der Waals surface area (Å²) in [6, 6.07) is 1.76. The average molecular weight is 220 g/mol. The molecule has 84 valence electrons. The molecule has 16 heavy (non-hydrogen) atoms. The van der Waals surface area contributed by atoms with E-state index in [0.717, 1.165) is 5.52 Å². The lowest BCUT2D eigenvalue weighted by atomic mass is 10.2. The number of carbonyl (C=O) groups is 1. The van der Waals surface area contributed by atoms with Gasteiger partial charge in [-0.1, -0.05) is 0 Å². The molecule has 0 amide bonds. The van der Waals surface area contributed by atoms with Crippen molar-refractivity contribution in [3.05, 3.63) is 24.0 Å². The maximum absolute atomic E-state index is 10.7. The van der Waals surface area contributed by atoms with Gasteiger partial charge in [0.15, 0.2) is 0 Å². The normalized spacial score (nSPS) is 10.6. The highest BCUT2D eigenvalue weighted by Crippen LogP contribution is 2.27. The number of methoxy groups -OCH3 is 1. The molecule has 5 nitrogen and oxygen atoms in total. The van der Waals surface area contributed by atoms with Crippen LogP contribution in [0.25, 0.3) is 11.0 Å². The molecule has 5 heteroatoms. The van der Waals surface area contributed by atoms with E-state index in [2.05, 4.69) is 4.98 Å². The van der Waals surface area contributed by atoms with Crippen LogP contribution in [0, 0.1) is 0 Å². The van der Waals surface area contributed by atoms with Crippen LogP contribution in [0.5, 0.6) is 5.75 Å². The Balaban J connectivity index is 2.66. The highest BCUT2D eigenvalue weighted by Gasteiger charge is 2.13. The van der Waals surface area contributed by atoms with Crippen molar-refractivity contribution >= 4 is 17.0 Å². The number of ether oxygens (including phenoxy) is 1. The molecule has 0 bridgehead atoms. The summed E-state index contributed by atoms with van der Waals surface area (Å²) in [6.07, 6.45) is 3.36. The Morgan fingerprint density at radius 1 is 1.62 bits per heavy atom. The van der Waals surface area contributed by atoms with Crippen LogP contribution in [0.2, 0.25) is 0 Å². The lowest BCUT2D eigenvalue weighted by Gasteiger charge is -2.03. The largest absolute Gasteiger partial charge is 0.494 e. The Bertz CT molecular complexity index is 545. The highest BCUT2D eigenvalue weighted by atomic mass is 16.5. The Hall–Kier alpha value is -2.04. The fourth-order valence-electron chi connectivity index (χ4n) is 1.83. The van der Waals surface area contributed by atoms with E-state index in [0.29, 0.717) is 16.8 Å². The lowest BCUT2D eigenvalue weighted by molar-refractivity contribution is -0.136. The summed E-state index contributed by atoms with van der Waals surface area (Å²) >= 11 is 0. The van der Waals surface area contributed by atoms with Gasteiger partial charge in [0.2, 0.25) is 0 Å². The molecule has 0 unspecified atom stereocenters. The molecule has 1 N–H and O–H groups in total. The summed E-state index contributed by atoms with van der Waals surface area (Å²) in [6.45, 7) is 0. The van der Waals surface area contributed by atoms with Crippen LogP contribution in [0.3, 0.4) is 0 Å². The Morgan fingerprint density at radius 3 is 3.00 bits per heavy atom. The Morgan fingerprint density at radius 2 is 2.38 bits per heavy atom. The number of nitrogens with zero attached hydrogens (tertiary/aromatic N) is 2. The molecule has 0 fully saturated rings. The first-order chi connectivity index (χ1) is 7.63. The molecule has 2 rings (SSSR count). The van der Waals surface area contributed by atoms with Crippen molar-refractivity contribution in [2.75, 3.05) is 7.11 Å². The van der Waals surface area contributed by atoms with E-state index >= 15 is 0 Å². The van der Waals surface area contributed by atoms with Crippen molar-refractivity contribution in [1.82, 2.24) is 9.55 Å². The van der Waals surface area contributed by atoms with Gasteiger partial charge in [0.25, 0.3) is 0 Å². The van der Waals surface area contributed by atoms with Crippen LogP contribution in [0.4, 0.5) is 0 Å². The van der Waals surface area contributed by atoms with E-state index in [-0.39, 0.29) is 6.42 Å².